The molecule has 0 unspecified atom stereocenters. The molecule has 0 saturated carbocycles. The zero-order chi connectivity index (χ0) is 23.1. The minimum absolute atomic E-state index is 0.362. The van der Waals surface area contributed by atoms with Gasteiger partial charge in [-0.25, -0.2) is 0 Å². The monoisotopic (exact) mass is 449 g/mol. The number of nitrogens with zero attached hydrogens (tertiary/aromatic N) is 1. The van der Waals surface area contributed by atoms with Crippen LogP contribution in [0.4, 0.5) is 0 Å². The first-order valence-electron chi connectivity index (χ1n) is 9.89. The van der Waals surface area contributed by atoms with Gasteiger partial charge >= 0.3 is 0 Å². The Morgan fingerprint density at radius 3 is 2.22 bits per heavy atom. The minimum atomic E-state index is 0.362. The lowest BCUT2D eigenvalue weighted by Crippen LogP contribution is -1.99. The Hall–Kier alpha value is -3.62. The third-order valence-corrected chi connectivity index (χ3v) is 5.16. The van der Waals surface area contributed by atoms with Crippen LogP contribution < -0.4 is 18.9 Å². The number of methoxy groups -OCH3 is 3. The van der Waals surface area contributed by atoms with Gasteiger partial charge in [-0.15, -0.1) is 0 Å². The maximum atomic E-state index is 9.73. The van der Waals surface area contributed by atoms with Crippen LogP contribution in [0.3, 0.4) is 0 Å². The van der Waals surface area contributed by atoms with Gasteiger partial charge in [-0.1, -0.05) is 41.4 Å². The topological polar surface area (TPSA) is 60.7 Å². The van der Waals surface area contributed by atoms with E-state index in [4.69, 9.17) is 30.5 Å². The van der Waals surface area contributed by atoms with Gasteiger partial charge in [0.25, 0.3) is 0 Å². The summed E-state index contributed by atoms with van der Waals surface area (Å²) in [7, 11) is 4.67. The quantitative estimate of drug-likeness (QED) is 0.297. The predicted molar refractivity (Wildman–Crippen MR) is 127 cm³/mol. The summed E-state index contributed by atoms with van der Waals surface area (Å²) in [5, 5.41) is 10.1. The van der Waals surface area contributed by atoms with E-state index in [0.29, 0.717) is 51.3 Å². The number of allylic oxidation sites excluding steroid dienone is 1. The summed E-state index contributed by atoms with van der Waals surface area (Å²) in [5.41, 5.74) is 4.05. The van der Waals surface area contributed by atoms with E-state index in [-0.39, 0.29) is 0 Å². The van der Waals surface area contributed by atoms with Crippen molar-refractivity contribution >= 4 is 23.3 Å². The van der Waals surface area contributed by atoms with Gasteiger partial charge < -0.3 is 18.9 Å². The number of nitriles is 1. The highest BCUT2D eigenvalue weighted by atomic mass is 35.5. The lowest BCUT2D eigenvalue weighted by atomic mass is 10.0. The summed E-state index contributed by atoms with van der Waals surface area (Å²) < 4.78 is 22.1. The first-order chi connectivity index (χ1) is 15.5. The fourth-order valence-electron chi connectivity index (χ4n) is 3.15. The summed E-state index contributed by atoms with van der Waals surface area (Å²) in [6, 6.07) is 19.2. The van der Waals surface area contributed by atoms with Gasteiger partial charge in [-0.3, -0.25) is 0 Å². The van der Waals surface area contributed by atoms with E-state index in [1.165, 1.54) is 5.56 Å². The van der Waals surface area contributed by atoms with Crippen molar-refractivity contribution in [2.75, 3.05) is 21.3 Å². The van der Waals surface area contributed by atoms with Crippen molar-refractivity contribution < 1.29 is 18.9 Å². The second-order valence-electron chi connectivity index (χ2n) is 7.05. The van der Waals surface area contributed by atoms with Crippen LogP contribution in [-0.2, 0) is 6.61 Å². The summed E-state index contributed by atoms with van der Waals surface area (Å²) in [6.07, 6.45) is 1.74. The second kappa shape index (κ2) is 10.6. The SMILES string of the molecule is COc1ccc(/C(C#N)=C/c2cc(Cl)c(OCc3ccc(C)cc3)c(OC)c2)cc1OC. The largest absolute Gasteiger partial charge is 0.493 e. The van der Waals surface area contributed by atoms with E-state index in [0.717, 1.165) is 5.56 Å². The molecule has 0 N–H and O–H groups in total. The van der Waals surface area contributed by atoms with Gasteiger partial charge in [0.05, 0.1) is 38.0 Å². The molecule has 0 aliphatic rings. The molecule has 0 aliphatic heterocycles. The Morgan fingerprint density at radius 1 is 0.906 bits per heavy atom. The van der Waals surface area contributed by atoms with Crippen LogP contribution in [0.15, 0.2) is 54.6 Å². The van der Waals surface area contributed by atoms with Crippen LogP contribution >= 0.6 is 11.6 Å². The molecule has 3 aromatic carbocycles. The predicted octanol–water partition coefficient (Wildman–Crippen LogP) is 6.32. The molecule has 0 amide bonds. The maximum Gasteiger partial charge on any atom is 0.180 e. The molecule has 0 atom stereocenters. The summed E-state index contributed by atoms with van der Waals surface area (Å²) in [6.45, 7) is 2.40. The molecule has 6 heteroatoms. The zero-order valence-electron chi connectivity index (χ0n) is 18.4. The first kappa shape index (κ1) is 23.1. The van der Waals surface area contributed by atoms with E-state index < -0.39 is 0 Å². The molecule has 164 valence electrons. The number of benzene rings is 3. The highest BCUT2D eigenvalue weighted by Crippen LogP contribution is 2.38. The van der Waals surface area contributed by atoms with Crippen LogP contribution in [0.25, 0.3) is 11.6 Å². The van der Waals surface area contributed by atoms with Crippen LogP contribution in [0.2, 0.25) is 5.02 Å². The summed E-state index contributed by atoms with van der Waals surface area (Å²) in [5.74, 6) is 2.08. The van der Waals surface area contributed by atoms with Crippen molar-refractivity contribution in [3.05, 3.63) is 81.9 Å². The van der Waals surface area contributed by atoms with Gasteiger partial charge in [0, 0.05) is 0 Å². The van der Waals surface area contributed by atoms with Crippen molar-refractivity contribution in [1.82, 2.24) is 0 Å². The van der Waals surface area contributed by atoms with Gasteiger partial charge in [-0.05, 0) is 60.0 Å². The number of halogens is 1. The fourth-order valence-corrected chi connectivity index (χ4v) is 3.43. The van der Waals surface area contributed by atoms with Crippen molar-refractivity contribution in [3.63, 3.8) is 0 Å². The van der Waals surface area contributed by atoms with Crippen molar-refractivity contribution in [1.29, 1.82) is 5.26 Å². The Kier molecular flexibility index (Phi) is 7.64. The normalized spacial score (nSPS) is 10.9. The van der Waals surface area contributed by atoms with E-state index in [1.807, 2.05) is 31.2 Å². The highest BCUT2D eigenvalue weighted by Gasteiger charge is 2.14. The third-order valence-electron chi connectivity index (χ3n) is 4.88. The molecule has 0 radical (unpaired) electrons. The van der Waals surface area contributed by atoms with Crippen molar-refractivity contribution in [2.45, 2.75) is 13.5 Å². The zero-order valence-corrected chi connectivity index (χ0v) is 19.2. The van der Waals surface area contributed by atoms with Gasteiger partial charge in [0.2, 0.25) is 0 Å². The van der Waals surface area contributed by atoms with E-state index in [1.54, 1.807) is 57.7 Å². The summed E-state index contributed by atoms with van der Waals surface area (Å²) >= 11 is 6.51. The molecule has 0 saturated heterocycles. The van der Waals surface area contributed by atoms with Crippen LogP contribution in [-0.4, -0.2) is 21.3 Å². The highest BCUT2D eigenvalue weighted by molar-refractivity contribution is 6.32. The van der Waals surface area contributed by atoms with Crippen LogP contribution in [0.5, 0.6) is 23.0 Å². The molecule has 0 aliphatic carbocycles. The van der Waals surface area contributed by atoms with Gasteiger partial charge in [0.1, 0.15) is 6.61 Å². The molecule has 3 aromatic rings. The van der Waals surface area contributed by atoms with Crippen LogP contribution in [0.1, 0.15) is 22.3 Å². The van der Waals surface area contributed by atoms with E-state index >= 15 is 0 Å². The molecule has 0 bridgehead atoms. The fraction of sp³-hybridized carbons (Fsp3) is 0.192. The lowest BCUT2D eigenvalue weighted by Gasteiger charge is -2.14. The molecular formula is C26H24ClNO4. The molecular weight excluding hydrogens is 426 g/mol. The number of rotatable bonds is 8. The number of aryl methyl sites for hydroxylation is 1. The Labute approximate surface area is 193 Å². The van der Waals surface area contributed by atoms with E-state index in [2.05, 4.69) is 6.07 Å². The molecule has 0 aromatic heterocycles. The molecule has 0 spiro atoms. The van der Waals surface area contributed by atoms with Gasteiger partial charge in [0.15, 0.2) is 23.0 Å². The minimum Gasteiger partial charge on any atom is -0.493 e. The standard InChI is InChI=1S/C26H24ClNO4/c1-17-5-7-18(8-6-17)16-32-26-22(27)12-19(13-25(26)31-4)11-21(15-28)20-9-10-23(29-2)24(14-20)30-3/h5-14H,16H2,1-4H3/b21-11+. The van der Waals surface area contributed by atoms with Gasteiger partial charge in [-0.2, -0.15) is 5.26 Å². The molecule has 3 rings (SSSR count). The number of ether oxygens (including phenoxy) is 4. The number of hydrogen-bond acceptors (Lipinski definition) is 5. The average molecular weight is 450 g/mol. The number of hydrogen-bond donors (Lipinski definition) is 0. The first-order valence-corrected chi connectivity index (χ1v) is 10.3. The smallest absolute Gasteiger partial charge is 0.180 e. The Balaban J connectivity index is 1.90. The Morgan fingerprint density at radius 2 is 1.59 bits per heavy atom. The maximum absolute atomic E-state index is 9.73. The summed E-state index contributed by atoms with van der Waals surface area (Å²) in [4.78, 5) is 0. The van der Waals surface area contributed by atoms with Crippen LogP contribution in [0, 0.1) is 18.3 Å². The van der Waals surface area contributed by atoms with Crippen molar-refractivity contribution in [2.24, 2.45) is 0 Å². The molecule has 0 fully saturated rings. The Bertz CT molecular complexity index is 1160. The lowest BCUT2D eigenvalue weighted by molar-refractivity contribution is 0.284. The molecule has 0 heterocycles. The van der Waals surface area contributed by atoms with E-state index in [9.17, 15) is 5.26 Å². The van der Waals surface area contributed by atoms with Crippen molar-refractivity contribution in [3.8, 4) is 29.1 Å². The molecule has 5 nitrogen and oxygen atoms in total. The average Bonchev–Trinajstić information content (AvgIpc) is 2.82. The second-order valence-corrected chi connectivity index (χ2v) is 7.46. The molecule has 32 heavy (non-hydrogen) atoms. The third kappa shape index (κ3) is 5.35.